The first kappa shape index (κ1) is 13.2. The molecular weight excluding hydrogens is 232 g/mol. The molecule has 0 amide bonds. The molecule has 0 atom stereocenters. The van der Waals surface area contributed by atoms with Gasteiger partial charge in [-0.25, -0.2) is 0 Å². The van der Waals surface area contributed by atoms with Crippen LogP contribution in [-0.2, 0) is 0 Å². The summed E-state index contributed by atoms with van der Waals surface area (Å²) in [6, 6.07) is 7.33. The minimum atomic E-state index is -0.113. The summed E-state index contributed by atoms with van der Waals surface area (Å²) in [4.78, 5) is 0. The van der Waals surface area contributed by atoms with Crippen molar-refractivity contribution in [2.45, 2.75) is 0 Å². The van der Waals surface area contributed by atoms with Gasteiger partial charge in [-0.15, -0.1) is 10.2 Å². The Morgan fingerprint density at radius 3 is 1.50 bits per heavy atom. The van der Waals surface area contributed by atoms with Crippen molar-refractivity contribution in [3.63, 3.8) is 0 Å². The second-order valence-electron chi connectivity index (χ2n) is 3.17. The fourth-order valence-electron chi connectivity index (χ4n) is 1.06. The summed E-state index contributed by atoms with van der Waals surface area (Å²) >= 11 is 0. The van der Waals surface area contributed by atoms with Crippen molar-refractivity contribution in [3.05, 3.63) is 35.4 Å². The maximum Gasteiger partial charge on any atom is 0.211 e. The molecule has 1 aromatic rings. The number of nitrogens with two attached hydrogens (primary N) is 4. The number of benzene rings is 1. The summed E-state index contributed by atoms with van der Waals surface area (Å²) in [6.45, 7) is 0. The molecule has 0 aliphatic carbocycles. The van der Waals surface area contributed by atoms with Crippen LogP contribution in [0.3, 0.4) is 0 Å². The van der Waals surface area contributed by atoms with Crippen LogP contribution >= 0.6 is 0 Å². The van der Waals surface area contributed by atoms with E-state index in [-0.39, 0.29) is 11.9 Å². The lowest BCUT2D eigenvalue weighted by molar-refractivity contribution is 1.21. The van der Waals surface area contributed by atoms with Gasteiger partial charge >= 0.3 is 0 Å². The van der Waals surface area contributed by atoms with Gasteiger partial charge in [0.15, 0.2) is 0 Å². The fourth-order valence-corrected chi connectivity index (χ4v) is 1.06. The van der Waals surface area contributed by atoms with Crippen molar-refractivity contribution in [3.8, 4) is 0 Å². The third kappa shape index (κ3) is 4.75. The zero-order valence-electron chi connectivity index (χ0n) is 9.56. The number of rotatable bonds is 4. The molecule has 18 heavy (non-hydrogen) atoms. The molecule has 0 aliphatic rings. The highest BCUT2D eigenvalue weighted by Gasteiger charge is 1.95. The molecule has 8 N–H and O–H groups in total. The largest absolute Gasteiger partial charge is 0.369 e. The normalized spacial score (nSPS) is 10.7. The predicted octanol–water partition coefficient (Wildman–Crippen LogP) is -1.10. The molecule has 1 aromatic carbocycles. The van der Waals surface area contributed by atoms with Crippen LogP contribution in [0.4, 0.5) is 0 Å². The van der Waals surface area contributed by atoms with Gasteiger partial charge in [0, 0.05) is 11.1 Å². The average molecular weight is 246 g/mol. The topological polar surface area (TPSA) is 154 Å². The van der Waals surface area contributed by atoms with E-state index in [0.29, 0.717) is 0 Å². The van der Waals surface area contributed by atoms with Crippen LogP contribution in [0.25, 0.3) is 0 Å². The maximum atomic E-state index is 5.15. The summed E-state index contributed by atoms with van der Waals surface area (Å²) in [5, 5.41) is 14.4. The Morgan fingerprint density at radius 2 is 1.17 bits per heavy atom. The van der Waals surface area contributed by atoms with Crippen LogP contribution in [0.2, 0.25) is 0 Å². The van der Waals surface area contributed by atoms with E-state index in [4.69, 9.17) is 22.9 Å². The number of hydrogen-bond donors (Lipinski definition) is 4. The molecule has 0 fully saturated rings. The Labute approximate surface area is 104 Å². The standard InChI is InChI=1S/C10H14N8/c11-9(12)17-15-5-7-3-1-2-4-8(7)6-16-18-10(13)14/h1-6H,(H4,11,12,17)(H4,13,14,18). The van der Waals surface area contributed by atoms with Crippen LogP contribution in [0.15, 0.2) is 44.7 Å². The Bertz CT molecular complexity index is 459. The van der Waals surface area contributed by atoms with E-state index in [0.717, 1.165) is 11.1 Å². The van der Waals surface area contributed by atoms with Crippen LogP contribution in [0.5, 0.6) is 0 Å². The van der Waals surface area contributed by atoms with Gasteiger partial charge in [0.05, 0.1) is 12.4 Å². The molecule has 0 aliphatic heterocycles. The zero-order chi connectivity index (χ0) is 13.4. The monoisotopic (exact) mass is 246 g/mol. The lowest BCUT2D eigenvalue weighted by atomic mass is 10.1. The molecule has 0 aromatic heterocycles. The highest BCUT2D eigenvalue weighted by atomic mass is 15.3. The molecule has 8 nitrogen and oxygen atoms in total. The van der Waals surface area contributed by atoms with Crippen LogP contribution in [-0.4, -0.2) is 24.3 Å². The van der Waals surface area contributed by atoms with Crippen molar-refractivity contribution in [1.82, 2.24) is 0 Å². The van der Waals surface area contributed by atoms with Crippen molar-refractivity contribution in [2.75, 3.05) is 0 Å². The summed E-state index contributed by atoms with van der Waals surface area (Å²) in [6.07, 6.45) is 2.99. The van der Waals surface area contributed by atoms with Gasteiger partial charge in [-0.3, -0.25) is 0 Å². The van der Waals surface area contributed by atoms with Crippen LogP contribution < -0.4 is 22.9 Å². The van der Waals surface area contributed by atoms with E-state index in [9.17, 15) is 0 Å². The lowest BCUT2D eigenvalue weighted by Gasteiger charge is -1.97. The SMILES string of the molecule is NC(N)=NN=Cc1ccccc1C=NN=C(N)N. The number of hydrogen-bond acceptors (Lipinski definition) is 4. The highest BCUT2D eigenvalue weighted by molar-refractivity contribution is 5.94. The quantitative estimate of drug-likeness (QED) is 0.302. The molecule has 0 heterocycles. The minimum Gasteiger partial charge on any atom is -0.369 e. The second-order valence-corrected chi connectivity index (χ2v) is 3.17. The van der Waals surface area contributed by atoms with Crippen molar-refractivity contribution in [1.29, 1.82) is 0 Å². The van der Waals surface area contributed by atoms with Gasteiger partial charge in [-0.05, 0) is 0 Å². The van der Waals surface area contributed by atoms with E-state index >= 15 is 0 Å². The van der Waals surface area contributed by atoms with Crippen molar-refractivity contribution in [2.24, 2.45) is 43.3 Å². The molecule has 0 spiro atoms. The van der Waals surface area contributed by atoms with E-state index < -0.39 is 0 Å². The van der Waals surface area contributed by atoms with Gasteiger partial charge in [0.25, 0.3) is 0 Å². The first-order valence-corrected chi connectivity index (χ1v) is 4.92. The first-order valence-electron chi connectivity index (χ1n) is 4.92. The molecule has 1 rings (SSSR count). The Balaban J connectivity index is 2.93. The maximum absolute atomic E-state index is 5.15. The summed E-state index contributed by atoms with van der Waals surface area (Å²) in [5.74, 6) is -0.226. The van der Waals surface area contributed by atoms with E-state index in [2.05, 4.69) is 20.4 Å². The molecule has 0 radical (unpaired) electrons. The summed E-state index contributed by atoms with van der Waals surface area (Å²) < 4.78 is 0. The van der Waals surface area contributed by atoms with Gasteiger partial charge < -0.3 is 22.9 Å². The Morgan fingerprint density at radius 1 is 0.778 bits per heavy atom. The Hall–Kier alpha value is -2.90. The molecule has 8 heteroatoms. The lowest BCUT2D eigenvalue weighted by Crippen LogP contribution is -2.21. The van der Waals surface area contributed by atoms with E-state index in [1.165, 1.54) is 12.4 Å². The molecule has 94 valence electrons. The van der Waals surface area contributed by atoms with Crippen LogP contribution in [0, 0.1) is 0 Å². The van der Waals surface area contributed by atoms with Gasteiger partial charge in [-0.1, -0.05) is 24.3 Å². The molecule has 0 unspecified atom stereocenters. The second kappa shape index (κ2) is 6.63. The van der Waals surface area contributed by atoms with Crippen molar-refractivity contribution < 1.29 is 0 Å². The molecule has 0 saturated heterocycles. The van der Waals surface area contributed by atoms with Gasteiger partial charge in [-0.2, -0.15) is 10.2 Å². The molecule has 0 saturated carbocycles. The van der Waals surface area contributed by atoms with E-state index in [1.54, 1.807) is 0 Å². The van der Waals surface area contributed by atoms with E-state index in [1.807, 2.05) is 24.3 Å². The van der Waals surface area contributed by atoms with Gasteiger partial charge in [0.2, 0.25) is 11.9 Å². The highest BCUT2D eigenvalue weighted by Crippen LogP contribution is 2.03. The van der Waals surface area contributed by atoms with Crippen LogP contribution in [0.1, 0.15) is 11.1 Å². The zero-order valence-corrected chi connectivity index (χ0v) is 9.56. The average Bonchev–Trinajstić information content (AvgIpc) is 2.30. The number of guanidine groups is 2. The van der Waals surface area contributed by atoms with Gasteiger partial charge in [0.1, 0.15) is 0 Å². The minimum absolute atomic E-state index is 0.113. The fraction of sp³-hybridized carbons (Fsp3) is 0. The first-order chi connectivity index (χ1) is 8.59. The smallest absolute Gasteiger partial charge is 0.211 e. The third-order valence-electron chi connectivity index (χ3n) is 1.74. The molecular formula is C10H14N8. The Kier molecular flexibility index (Phi) is 4.85. The summed E-state index contributed by atoms with van der Waals surface area (Å²) in [5.41, 5.74) is 22.2. The third-order valence-corrected chi connectivity index (χ3v) is 1.74. The summed E-state index contributed by atoms with van der Waals surface area (Å²) in [7, 11) is 0. The van der Waals surface area contributed by atoms with Crippen molar-refractivity contribution >= 4 is 24.3 Å². The number of nitrogens with zero attached hydrogens (tertiary/aromatic N) is 4. The predicted molar refractivity (Wildman–Crippen MR) is 73.2 cm³/mol. The molecule has 0 bridgehead atoms.